The highest BCUT2D eigenvalue weighted by atomic mass is 16.2. The molecule has 1 aliphatic rings. The molecule has 4 heteroatoms. The minimum atomic E-state index is 0.0231. The van der Waals surface area contributed by atoms with Gasteiger partial charge in [0, 0.05) is 39.0 Å². The van der Waals surface area contributed by atoms with Crippen LogP contribution in [0.4, 0.5) is 0 Å². The van der Waals surface area contributed by atoms with E-state index in [9.17, 15) is 9.59 Å². The van der Waals surface area contributed by atoms with E-state index < -0.39 is 0 Å². The smallest absolute Gasteiger partial charge is 0.224 e. The van der Waals surface area contributed by atoms with Gasteiger partial charge in [0.1, 0.15) is 0 Å². The van der Waals surface area contributed by atoms with Gasteiger partial charge in [0.25, 0.3) is 0 Å². The maximum absolute atomic E-state index is 12.6. The van der Waals surface area contributed by atoms with Gasteiger partial charge < -0.3 is 9.80 Å². The van der Waals surface area contributed by atoms with E-state index in [2.05, 4.69) is 13.0 Å². The number of amides is 2. The van der Waals surface area contributed by atoms with Crippen molar-refractivity contribution < 1.29 is 9.59 Å². The SMILES string of the molecule is CCC1CCCCN1C(=O)CCN(Cc1cccc(C)c1)C(C)=O. The van der Waals surface area contributed by atoms with Gasteiger partial charge in [-0.1, -0.05) is 36.8 Å². The zero-order valence-electron chi connectivity index (χ0n) is 15.3. The van der Waals surface area contributed by atoms with Crippen LogP contribution < -0.4 is 0 Å². The molecular formula is C20H30N2O2. The number of hydrogen-bond donors (Lipinski definition) is 0. The van der Waals surface area contributed by atoms with Crippen LogP contribution in [0, 0.1) is 6.92 Å². The second-order valence-electron chi connectivity index (χ2n) is 6.82. The Labute approximate surface area is 145 Å². The number of benzene rings is 1. The van der Waals surface area contributed by atoms with Crippen LogP contribution in [0.15, 0.2) is 24.3 Å². The molecule has 0 radical (unpaired) electrons. The Balaban J connectivity index is 1.93. The molecule has 0 spiro atoms. The molecule has 2 rings (SSSR count). The molecule has 1 fully saturated rings. The molecule has 0 aromatic heterocycles. The summed E-state index contributed by atoms with van der Waals surface area (Å²) in [5, 5.41) is 0. The van der Waals surface area contributed by atoms with Crippen LogP contribution in [0.5, 0.6) is 0 Å². The summed E-state index contributed by atoms with van der Waals surface area (Å²) < 4.78 is 0. The number of carbonyl (C=O) groups is 2. The molecule has 24 heavy (non-hydrogen) atoms. The molecule has 0 N–H and O–H groups in total. The highest BCUT2D eigenvalue weighted by Gasteiger charge is 2.25. The van der Waals surface area contributed by atoms with Crippen molar-refractivity contribution in [1.29, 1.82) is 0 Å². The molecule has 132 valence electrons. The van der Waals surface area contributed by atoms with E-state index in [0.29, 0.717) is 25.6 Å². The number of rotatable bonds is 6. The molecule has 1 aromatic carbocycles. The van der Waals surface area contributed by atoms with Crippen LogP contribution in [0.25, 0.3) is 0 Å². The van der Waals surface area contributed by atoms with Gasteiger partial charge in [-0.25, -0.2) is 0 Å². The van der Waals surface area contributed by atoms with Gasteiger partial charge in [-0.15, -0.1) is 0 Å². The Kier molecular flexibility index (Phi) is 6.83. The predicted octanol–water partition coefficient (Wildman–Crippen LogP) is 3.52. The number of carbonyl (C=O) groups excluding carboxylic acids is 2. The van der Waals surface area contributed by atoms with Crippen LogP contribution in [0.1, 0.15) is 57.1 Å². The fourth-order valence-electron chi connectivity index (χ4n) is 3.51. The quantitative estimate of drug-likeness (QED) is 0.800. The molecule has 1 saturated heterocycles. The predicted molar refractivity (Wildman–Crippen MR) is 96.5 cm³/mol. The lowest BCUT2D eigenvalue weighted by Crippen LogP contribution is -2.44. The van der Waals surface area contributed by atoms with E-state index in [1.807, 2.05) is 30.0 Å². The molecular weight excluding hydrogens is 300 g/mol. The van der Waals surface area contributed by atoms with Crippen molar-refractivity contribution in [3.8, 4) is 0 Å². The van der Waals surface area contributed by atoms with Crippen molar-refractivity contribution >= 4 is 11.8 Å². The number of aryl methyl sites for hydroxylation is 1. The fraction of sp³-hybridized carbons (Fsp3) is 0.600. The highest BCUT2D eigenvalue weighted by Crippen LogP contribution is 2.20. The third kappa shape index (κ3) is 5.08. The number of piperidine rings is 1. The van der Waals surface area contributed by atoms with Crippen molar-refractivity contribution in [2.24, 2.45) is 0 Å². The van der Waals surface area contributed by atoms with E-state index in [0.717, 1.165) is 31.4 Å². The zero-order valence-corrected chi connectivity index (χ0v) is 15.3. The second-order valence-corrected chi connectivity index (χ2v) is 6.82. The monoisotopic (exact) mass is 330 g/mol. The third-order valence-electron chi connectivity index (χ3n) is 4.92. The first-order valence-corrected chi connectivity index (χ1v) is 9.11. The Bertz CT molecular complexity index is 571. The average Bonchev–Trinajstić information content (AvgIpc) is 2.58. The molecule has 0 bridgehead atoms. The summed E-state index contributed by atoms with van der Waals surface area (Å²) in [5.41, 5.74) is 2.30. The van der Waals surface area contributed by atoms with E-state index in [4.69, 9.17) is 0 Å². The molecule has 1 heterocycles. The minimum absolute atomic E-state index is 0.0231. The summed E-state index contributed by atoms with van der Waals surface area (Å²) >= 11 is 0. The Hall–Kier alpha value is -1.84. The van der Waals surface area contributed by atoms with Crippen molar-refractivity contribution in [2.75, 3.05) is 13.1 Å². The van der Waals surface area contributed by atoms with Gasteiger partial charge in [-0.05, 0) is 38.2 Å². The summed E-state index contributed by atoms with van der Waals surface area (Å²) in [6.45, 7) is 7.71. The lowest BCUT2D eigenvalue weighted by atomic mass is 9.99. The normalized spacial score (nSPS) is 17.6. The van der Waals surface area contributed by atoms with Gasteiger partial charge in [0.05, 0.1) is 0 Å². The molecule has 1 atom stereocenters. The molecule has 4 nitrogen and oxygen atoms in total. The molecule has 0 aliphatic carbocycles. The van der Waals surface area contributed by atoms with Gasteiger partial charge in [-0.2, -0.15) is 0 Å². The first-order valence-electron chi connectivity index (χ1n) is 9.11. The second kappa shape index (κ2) is 8.86. The zero-order chi connectivity index (χ0) is 17.5. The van der Waals surface area contributed by atoms with E-state index in [1.165, 1.54) is 12.0 Å². The number of nitrogens with zero attached hydrogens (tertiary/aromatic N) is 2. The topological polar surface area (TPSA) is 40.6 Å². The lowest BCUT2D eigenvalue weighted by molar-refractivity contribution is -0.136. The Morgan fingerprint density at radius 3 is 2.75 bits per heavy atom. The molecule has 1 aromatic rings. The molecule has 2 amide bonds. The summed E-state index contributed by atoms with van der Waals surface area (Å²) in [4.78, 5) is 28.3. The number of hydrogen-bond acceptors (Lipinski definition) is 2. The fourth-order valence-corrected chi connectivity index (χ4v) is 3.51. The summed E-state index contributed by atoms with van der Waals surface area (Å²) in [5.74, 6) is 0.215. The third-order valence-corrected chi connectivity index (χ3v) is 4.92. The first-order chi connectivity index (χ1) is 11.5. The maximum atomic E-state index is 12.6. The largest absolute Gasteiger partial charge is 0.340 e. The Morgan fingerprint density at radius 1 is 1.29 bits per heavy atom. The molecule has 1 aliphatic heterocycles. The van der Waals surface area contributed by atoms with Crippen LogP contribution in [-0.2, 0) is 16.1 Å². The van der Waals surface area contributed by atoms with E-state index >= 15 is 0 Å². The van der Waals surface area contributed by atoms with Gasteiger partial charge >= 0.3 is 0 Å². The standard InChI is InChI=1S/C20H30N2O2/c1-4-19-10-5-6-12-22(19)20(24)11-13-21(17(3)23)15-18-9-7-8-16(2)14-18/h7-9,14,19H,4-6,10-13,15H2,1-3H3. The van der Waals surface area contributed by atoms with Crippen molar-refractivity contribution in [1.82, 2.24) is 9.80 Å². The highest BCUT2D eigenvalue weighted by molar-refractivity contribution is 5.78. The minimum Gasteiger partial charge on any atom is -0.340 e. The van der Waals surface area contributed by atoms with E-state index in [1.54, 1.807) is 11.8 Å². The van der Waals surface area contributed by atoms with Crippen molar-refractivity contribution in [3.05, 3.63) is 35.4 Å². The van der Waals surface area contributed by atoms with Crippen LogP contribution in [0.2, 0.25) is 0 Å². The molecule has 1 unspecified atom stereocenters. The summed E-state index contributed by atoms with van der Waals surface area (Å²) in [7, 11) is 0. The van der Waals surface area contributed by atoms with Crippen LogP contribution in [0.3, 0.4) is 0 Å². The van der Waals surface area contributed by atoms with Crippen LogP contribution in [-0.4, -0.2) is 40.7 Å². The van der Waals surface area contributed by atoms with Gasteiger partial charge in [0.2, 0.25) is 11.8 Å². The van der Waals surface area contributed by atoms with Gasteiger partial charge in [0.15, 0.2) is 0 Å². The summed E-state index contributed by atoms with van der Waals surface area (Å²) in [6.07, 6.45) is 4.87. The summed E-state index contributed by atoms with van der Waals surface area (Å²) in [6, 6.07) is 8.56. The first kappa shape index (κ1) is 18.5. The number of likely N-dealkylation sites (tertiary alicyclic amines) is 1. The van der Waals surface area contributed by atoms with E-state index in [-0.39, 0.29) is 11.8 Å². The average molecular weight is 330 g/mol. The van der Waals surface area contributed by atoms with Crippen molar-refractivity contribution in [3.63, 3.8) is 0 Å². The molecule has 0 saturated carbocycles. The lowest BCUT2D eigenvalue weighted by Gasteiger charge is -2.36. The van der Waals surface area contributed by atoms with Gasteiger partial charge in [-0.3, -0.25) is 9.59 Å². The van der Waals surface area contributed by atoms with Crippen molar-refractivity contribution in [2.45, 2.75) is 65.5 Å². The maximum Gasteiger partial charge on any atom is 0.224 e. The van der Waals surface area contributed by atoms with Crippen LogP contribution >= 0.6 is 0 Å². The Morgan fingerprint density at radius 2 is 2.08 bits per heavy atom.